The molecule has 0 saturated carbocycles. The van der Waals surface area contributed by atoms with Crippen LogP contribution in [0.2, 0.25) is 0 Å². The number of anilines is 1. The van der Waals surface area contributed by atoms with Crippen molar-refractivity contribution in [3.8, 4) is 0 Å². The van der Waals surface area contributed by atoms with E-state index in [0.717, 1.165) is 45.4 Å². The van der Waals surface area contributed by atoms with Crippen LogP contribution in [0.3, 0.4) is 0 Å². The number of piperidine rings is 2. The lowest BCUT2D eigenvalue weighted by atomic mass is 10.00. The standard InChI is InChI=1S/C18H26N4O3/c1-14-3-2-8-22(13-14)16(23)15-4-7-19-17(20-15)21-9-5-18(6-10-21)24-11-12-25-18/h4,7,14H,2-3,5-6,8-13H2,1H3. The molecule has 1 aromatic heterocycles. The van der Waals surface area contributed by atoms with Gasteiger partial charge in [-0.15, -0.1) is 0 Å². The highest BCUT2D eigenvalue weighted by Crippen LogP contribution is 2.32. The van der Waals surface area contributed by atoms with Crippen LogP contribution in [-0.4, -0.2) is 66.0 Å². The Morgan fingerprint density at radius 1 is 1.24 bits per heavy atom. The first-order valence-electron chi connectivity index (χ1n) is 9.30. The first-order valence-corrected chi connectivity index (χ1v) is 9.30. The molecule has 3 aliphatic rings. The highest BCUT2D eigenvalue weighted by Gasteiger charge is 2.40. The number of amides is 1. The molecule has 1 spiro atoms. The number of aromatic nitrogens is 2. The molecule has 0 radical (unpaired) electrons. The number of likely N-dealkylation sites (tertiary alicyclic amines) is 1. The van der Waals surface area contributed by atoms with Gasteiger partial charge in [0.2, 0.25) is 5.95 Å². The number of carbonyl (C=O) groups is 1. The Balaban J connectivity index is 1.44. The average Bonchev–Trinajstić information content (AvgIpc) is 3.10. The van der Waals surface area contributed by atoms with E-state index in [1.54, 1.807) is 12.3 Å². The normalized spacial score (nSPS) is 26.2. The molecule has 7 nitrogen and oxygen atoms in total. The van der Waals surface area contributed by atoms with E-state index >= 15 is 0 Å². The molecule has 1 atom stereocenters. The van der Waals surface area contributed by atoms with Crippen molar-refractivity contribution in [2.45, 2.75) is 38.4 Å². The molecule has 3 fully saturated rings. The Morgan fingerprint density at radius 2 is 2.00 bits per heavy atom. The van der Waals surface area contributed by atoms with Crippen molar-refractivity contribution in [1.29, 1.82) is 0 Å². The molecule has 0 aromatic carbocycles. The summed E-state index contributed by atoms with van der Waals surface area (Å²) in [5, 5.41) is 0. The number of rotatable bonds is 2. The zero-order valence-electron chi connectivity index (χ0n) is 14.8. The highest BCUT2D eigenvalue weighted by atomic mass is 16.7. The molecule has 0 bridgehead atoms. The van der Waals surface area contributed by atoms with Crippen LogP contribution in [0.1, 0.15) is 43.1 Å². The zero-order chi connectivity index (χ0) is 17.3. The third kappa shape index (κ3) is 3.48. The Bertz CT molecular complexity index is 623. The maximum absolute atomic E-state index is 12.8. The van der Waals surface area contributed by atoms with Crippen molar-refractivity contribution >= 4 is 11.9 Å². The molecule has 7 heteroatoms. The molecule has 1 amide bonds. The topological polar surface area (TPSA) is 67.8 Å². The molecule has 25 heavy (non-hydrogen) atoms. The van der Waals surface area contributed by atoms with E-state index in [1.165, 1.54) is 6.42 Å². The lowest BCUT2D eigenvalue weighted by Crippen LogP contribution is -2.46. The molecule has 1 aromatic rings. The third-order valence-electron chi connectivity index (χ3n) is 5.43. The molecule has 1 unspecified atom stereocenters. The molecule has 4 heterocycles. The Hall–Kier alpha value is -1.73. The molecule has 3 saturated heterocycles. The van der Waals surface area contributed by atoms with Gasteiger partial charge in [-0.1, -0.05) is 6.92 Å². The minimum absolute atomic E-state index is 0.0196. The summed E-state index contributed by atoms with van der Waals surface area (Å²) < 4.78 is 11.5. The Kier molecular flexibility index (Phi) is 4.60. The Morgan fingerprint density at radius 3 is 2.72 bits per heavy atom. The van der Waals surface area contributed by atoms with Crippen LogP contribution in [-0.2, 0) is 9.47 Å². The summed E-state index contributed by atoms with van der Waals surface area (Å²) >= 11 is 0. The quantitative estimate of drug-likeness (QED) is 0.812. The van der Waals surface area contributed by atoms with Gasteiger partial charge in [0.1, 0.15) is 5.69 Å². The molecular weight excluding hydrogens is 320 g/mol. The maximum atomic E-state index is 12.8. The van der Waals surface area contributed by atoms with E-state index < -0.39 is 5.79 Å². The third-order valence-corrected chi connectivity index (χ3v) is 5.43. The fraction of sp³-hybridized carbons (Fsp3) is 0.722. The van der Waals surface area contributed by atoms with Crippen LogP contribution in [0.4, 0.5) is 5.95 Å². The summed E-state index contributed by atoms with van der Waals surface area (Å²) in [6.07, 6.45) is 5.56. The van der Waals surface area contributed by atoms with Gasteiger partial charge in [-0.3, -0.25) is 4.79 Å². The van der Waals surface area contributed by atoms with Gasteiger partial charge in [0.25, 0.3) is 5.91 Å². The number of carbonyl (C=O) groups excluding carboxylic acids is 1. The molecule has 0 aliphatic carbocycles. The summed E-state index contributed by atoms with van der Waals surface area (Å²) in [6, 6.07) is 1.72. The highest BCUT2D eigenvalue weighted by molar-refractivity contribution is 5.92. The van der Waals surface area contributed by atoms with Gasteiger partial charge in [-0.2, -0.15) is 0 Å². The first-order chi connectivity index (χ1) is 12.2. The number of hydrogen-bond donors (Lipinski definition) is 0. The van der Waals surface area contributed by atoms with Crippen LogP contribution >= 0.6 is 0 Å². The SMILES string of the molecule is CC1CCCN(C(=O)c2ccnc(N3CCC4(CC3)OCCO4)n2)C1. The smallest absolute Gasteiger partial charge is 0.272 e. The van der Waals surface area contributed by atoms with Crippen molar-refractivity contribution in [3.05, 3.63) is 18.0 Å². The van der Waals surface area contributed by atoms with Gasteiger partial charge in [-0.05, 0) is 24.8 Å². The number of ether oxygens (including phenoxy) is 2. The fourth-order valence-electron chi connectivity index (χ4n) is 3.99. The minimum Gasteiger partial charge on any atom is -0.347 e. The van der Waals surface area contributed by atoms with Crippen molar-refractivity contribution < 1.29 is 14.3 Å². The summed E-state index contributed by atoms with van der Waals surface area (Å²) in [6.45, 7) is 6.74. The van der Waals surface area contributed by atoms with Crippen molar-refractivity contribution in [1.82, 2.24) is 14.9 Å². The van der Waals surface area contributed by atoms with E-state index in [4.69, 9.17) is 9.47 Å². The second kappa shape index (κ2) is 6.88. The fourth-order valence-corrected chi connectivity index (χ4v) is 3.99. The number of hydrogen-bond acceptors (Lipinski definition) is 6. The Labute approximate surface area is 148 Å². The minimum atomic E-state index is -0.409. The second-order valence-corrected chi connectivity index (χ2v) is 7.34. The monoisotopic (exact) mass is 346 g/mol. The average molecular weight is 346 g/mol. The molecular formula is C18H26N4O3. The van der Waals surface area contributed by atoms with Crippen LogP contribution in [0.5, 0.6) is 0 Å². The van der Waals surface area contributed by atoms with E-state index in [-0.39, 0.29) is 5.91 Å². The lowest BCUT2D eigenvalue weighted by molar-refractivity contribution is -0.169. The van der Waals surface area contributed by atoms with Gasteiger partial charge >= 0.3 is 0 Å². The van der Waals surface area contributed by atoms with E-state index in [9.17, 15) is 4.79 Å². The second-order valence-electron chi connectivity index (χ2n) is 7.34. The zero-order valence-corrected chi connectivity index (χ0v) is 14.8. The van der Waals surface area contributed by atoms with E-state index in [0.29, 0.717) is 30.8 Å². The maximum Gasteiger partial charge on any atom is 0.272 e. The number of nitrogens with zero attached hydrogens (tertiary/aromatic N) is 4. The lowest BCUT2D eigenvalue weighted by Gasteiger charge is -2.37. The van der Waals surface area contributed by atoms with E-state index in [2.05, 4.69) is 21.8 Å². The van der Waals surface area contributed by atoms with Gasteiger partial charge in [0.15, 0.2) is 5.79 Å². The summed E-state index contributed by atoms with van der Waals surface area (Å²) in [5.74, 6) is 0.798. The van der Waals surface area contributed by atoms with Crippen molar-refractivity contribution in [3.63, 3.8) is 0 Å². The van der Waals surface area contributed by atoms with Gasteiger partial charge < -0.3 is 19.3 Å². The van der Waals surface area contributed by atoms with Crippen LogP contribution < -0.4 is 4.90 Å². The van der Waals surface area contributed by atoms with Crippen LogP contribution in [0.15, 0.2) is 12.3 Å². The summed E-state index contributed by atoms with van der Waals surface area (Å²) in [4.78, 5) is 25.7. The van der Waals surface area contributed by atoms with Gasteiger partial charge in [0.05, 0.1) is 13.2 Å². The first kappa shape index (κ1) is 16.7. The van der Waals surface area contributed by atoms with Gasteiger partial charge in [-0.25, -0.2) is 9.97 Å². The van der Waals surface area contributed by atoms with Crippen molar-refractivity contribution in [2.75, 3.05) is 44.3 Å². The molecule has 4 rings (SSSR count). The van der Waals surface area contributed by atoms with Crippen molar-refractivity contribution in [2.24, 2.45) is 5.92 Å². The predicted molar refractivity (Wildman–Crippen MR) is 92.4 cm³/mol. The largest absolute Gasteiger partial charge is 0.347 e. The molecule has 0 N–H and O–H groups in total. The van der Waals surface area contributed by atoms with E-state index in [1.807, 2.05) is 4.90 Å². The summed E-state index contributed by atoms with van der Waals surface area (Å²) in [7, 11) is 0. The van der Waals surface area contributed by atoms with Crippen LogP contribution in [0.25, 0.3) is 0 Å². The predicted octanol–water partition coefficient (Wildman–Crippen LogP) is 1.69. The summed E-state index contributed by atoms with van der Waals surface area (Å²) in [5.41, 5.74) is 0.493. The van der Waals surface area contributed by atoms with Crippen LogP contribution in [0, 0.1) is 5.92 Å². The van der Waals surface area contributed by atoms with Gasteiger partial charge in [0, 0.05) is 45.2 Å². The molecule has 136 valence electrons. The molecule has 3 aliphatic heterocycles.